The smallest absolute Gasteiger partial charge is 0.268 e. The first-order chi connectivity index (χ1) is 21.4. The van der Waals surface area contributed by atoms with Crippen LogP contribution in [0.25, 0.3) is 0 Å². The fourth-order valence-electron chi connectivity index (χ4n) is 5.15. The van der Waals surface area contributed by atoms with E-state index in [1.165, 1.54) is 83.5 Å². The first-order valence-electron chi connectivity index (χ1n) is 17.4. The van der Waals surface area contributed by atoms with E-state index in [0.29, 0.717) is 17.6 Å². The number of phosphoric ester groups is 1. The number of nitrogens with two attached hydrogens (primary N) is 1. The Morgan fingerprint density at radius 2 is 1.30 bits per heavy atom. The first-order valence-corrected chi connectivity index (χ1v) is 18.9. The summed E-state index contributed by atoms with van der Waals surface area (Å²) in [5.41, 5.74) is 6.00. The Hall–Kier alpha value is 0.0800. The molecule has 0 aromatic rings. The van der Waals surface area contributed by atoms with Crippen LogP contribution in [0.1, 0.15) is 110 Å². The molecular formula is C32H68ClN2O10P. The van der Waals surface area contributed by atoms with Crippen molar-refractivity contribution in [3.8, 4) is 0 Å². The summed E-state index contributed by atoms with van der Waals surface area (Å²) in [6.07, 6.45) is 14.4. The van der Waals surface area contributed by atoms with Crippen molar-refractivity contribution in [2.45, 2.75) is 146 Å². The molecule has 0 bridgehead atoms. The Morgan fingerprint density at radius 3 is 1.78 bits per heavy atom. The molecule has 0 aliphatic carbocycles. The fourth-order valence-corrected chi connectivity index (χ4v) is 5.88. The summed E-state index contributed by atoms with van der Waals surface area (Å²) < 4.78 is 40.1. The van der Waals surface area contributed by atoms with Crippen molar-refractivity contribution in [2.75, 3.05) is 60.7 Å². The highest BCUT2D eigenvalue weighted by atomic mass is 35.5. The average molecular weight is 707 g/mol. The molecule has 0 spiro atoms. The van der Waals surface area contributed by atoms with E-state index in [2.05, 4.69) is 6.92 Å². The molecule has 46 heavy (non-hydrogen) atoms. The van der Waals surface area contributed by atoms with Gasteiger partial charge in [0, 0.05) is 6.61 Å². The van der Waals surface area contributed by atoms with E-state index in [-0.39, 0.29) is 25.6 Å². The molecule has 0 aromatic carbocycles. The van der Waals surface area contributed by atoms with Gasteiger partial charge in [-0.3, -0.25) is 4.57 Å². The minimum Gasteiger partial charge on any atom is -0.756 e. The van der Waals surface area contributed by atoms with Crippen molar-refractivity contribution >= 4 is 20.2 Å². The van der Waals surface area contributed by atoms with Crippen LogP contribution in [0, 0.1) is 0 Å². The van der Waals surface area contributed by atoms with Gasteiger partial charge in [0.15, 0.2) is 6.29 Å². The molecule has 7 atom stereocenters. The maximum Gasteiger partial charge on any atom is 0.268 e. The van der Waals surface area contributed by atoms with Crippen molar-refractivity contribution in [1.29, 1.82) is 0 Å². The number of ether oxygens (including phenoxy) is 3. The highest BCUT2D eigenvalue weighted by Gasteiger charge is 2.44. The van der Waals surface area contributed by atoms with Crippen molar-refractivity contribution in [3.05, 3.63) is 0 Å². The van der Waals surface area contributed by atoms with Gasteiger partial charge >= 0.3 is 0 Å². The standard InChI is InChI=1S/C32H67N2O10P.ClH/c1-5-6-7-8-9-10-11-12-13-14-15-16-17-18-19-20-22-40-25-27(26-42-45(38,39)41-23-21-34(2,3)4)43-32-29(33)31(37)30(36)28(24-35)44-32;/h27-32,35-37H,5-26,33H2,1-4H3;1H/t27-,28-,29-,30-,31-,32-;/m1./s1. The number of phosphoric acid groups is 1. The summed E-state index contributed by atoms with van der Waals surface area (Å²) >= 11 is 0. The zero-order valence-corrected chi connectivity index (χ0v) is 30.8. The van der Waals surface area contributed by atoms with Gasteiger partial charge in [-0.25, -0.2) is 0 Å². The lowest BCUT2D eigenvalue weighted by molar-refractivity contribution is -0.870. The predicted molar refractivity (Wildman–Crippen MR) is 181 cm³/mol. The SMILES string of the molecule is CCCCCCCCCCCCCCCCCCOC[C@H](COP(=O)([O-])OCC[N+](C)(C)C)O[C@@H]1O[C@H](CO)[C@@H](O)[C@H](O)[C@H]1N.Cl. The molecular weight excluding hydrogens is 639 g/mol. The second-order valence-corrected chi connectivity index (χ2v) is 14.9. The molecule has 5 N–H and O–H groups in total. The maximum atomic E-state index is 12.3. The molecule has 12 nitrogen and oxygen atoms in total. The van der Waals surface area contributed by atoms with Crippen LogP contribution in [-0.4, -0.2) is 117 Å². The van der Waals surface area contributed by atoms with Gasteiger partial charge < -0.3 is 53.7 Å². The minimum atomic E-state index is -4.62. The topological polar surface area (TPSA) is 173 Å². The van der Waals surface area contributed by atoms with E-state index in [1.807, 2.05) is 21.1 Å². The molecule has 1 saturated heterocycles. The van der Waals surface area contributed by atoms with Crippen LogP contribution in [0.15, 0.2) is 0 Å². The highest BCUT2D eigenvalue weighted by Crippen LogP contribution is 2.38. The van der Waals surface area contributed by atoms with Crippen LogP contribution >= 0.6 is 20.2 Å². The Morgan fingerprint density at radius 1 is 0.804 bits per heavy atom. The van der Waals surface area contributed by atoms with Crippen LogP contribution in [0.4, 0.5) is 0 Å². The zero-order valence-electron chi connectivity index (χ0n) is 29.1. The van der Waals surface area contributed by atoms with Crippen molar-refractivity contribution < 1.29 is 52.5 Å². The number of quaternary nitrogens is 1. The normalized spacial score (nSPS) is 24.0. The third-order valence-corrected chi connectivity index (χ3v) is 9.10. The van der Waals surface area contributed by atoms with Gasteiger partial charge in [-0.1, -0.05) is 103 Å². The lowest BCUT2D eigenvalue weighted by Gasteiger charge is -2.41. The number of likely N-dealkylation sites (N-methyl/N-ethyl adjacent to an activating group) is 1. The van der Waals surface area contributed by atoms with Crippen LogP contribution in [0.2, 0.25) is 0 Å². The summed E-state index contributed by atoms with van der Waals surface area (Å²) in [7, 11) is 1.13. The molecule has 0 radical (unpaired) electrons. The molecule has 1 heterocycles. The molecule has 1 aliphatic rings. The van der Waals surface area contributed by atoms with Crippen LogP contribution in [0.5, 0.6) is 0 Å². The Kier molecular flexibility index (Phi) is 26.9. The quantitative estimate of drug-likeness (QED) is 0.0502. The van der Waals surface area contributed by atoms with Gasteiger partial charge in [-0.2, -0.15) is 0 Å². The monoisotopic (exact) mass is 706 g/mol. The number of unbranched alkanes of at least 4 members (excludes halogenated alkanes) is 15. The van der Waals surface area contributed by atoms with Gasteiger partial charge in [-0.15, -0.1) is 12.4 Å². The lowest BCUT2D eigenvalue weighted by Crippen LogP contribution is -2.63. The summed E-state index contributed by atoms with van der Waals surface area (Å²) in [6.45, 7) is 2.17. The number of hydrogen-bond donors (Lipinski definition) is 4. The lowest BCUT2D eigenvalue weighted by atomic mass is 9.98. The number of aliphatic hydroxyl groups is 3. The second-order valence-electron chi connectivity index (χ2n) is 13.5. The maximum absolute atomic E-state index is 12.3. The highest BCUT2D eigenvalue weighted by molar-refractivity contribution is 7.45. The number of aliphatic hydroxyl groups excluding tert-OH is 3. The van der Waals surface area contributed by atoms with Gasteiger partial charge in [0.1, 0.15) is 37.6 Å². The fraction of sp³-hybridized carbons (Fsp3) is 1.00. The van der Waals surface area contributed by atoms with E-state index in [0.717, 1.165) is 19.3 Å². The first kappa shape index (κ1) is 46.1. The predicted octanol–water partition coefficient (Wildman–Crippen LogP) is 4.05. The van der Waals surface area contributed by atoms with E-state index >= 15 is 0 Å². The number of hydrogen-bond acceptors (Lipinski definition) is 11. The largest absolute Gasteiger partial charge is 0.756 e. The van der Waals surface area contributed by atoms with Crippen molar-refractivity contribution in [2.24, 2.45) is 5.73 Å². The molecule has 0 saturated carbocycles. The summed E-state index contributed by atoms with van der Waals surface area (Å²) in [5, 5.41) is 29.8. The third-order valence-electron chi connectivity index (χ3n) is 8.13. The van der Waals surface area contributed by atoms with Gasteiger partial charge in [0.25, 0.3) is 7.82 Å². The van der Waals surface area contributed by atoms with Gasteiger partial charge in [0.05, 0.1) is 47.0 Å². The van der Waals surface area contributed by atoms with Crippen LogP contribution in [0.3, 0.4) is 0 Å². The van der Waals surface area contributed by atoms with Gasteiger partial charge in [0.2, 0.25) is 0 Å². The molecule has 1 rings (SSSR count). The van der Waals surface area contributed by atoms with E-state index in [4.69, 9.17) is 29.0 Å². The van der Waals surface area contributed by atoms with E-state index in [1.54, 1.807) is 0 Å². The summed E-state index contributed by atoms with van der Waals surface area (Å²) in [6, 6.07) is -1.13. The molecule has 1 unspecified atom stereocenters. The Labute approximate surface area is 285 Å². The number of halogens is 1. The summed E-state index contributed by atoms with van der Waals surface area (Å²) in [5.74, 6) is 0. The molecule has 1 aliphatic heterocycles. The molecule has 0 aromatic heterocycles. The van der Waals surface area contributed by atoms with Crippen molar-refractivity contribution in [3.63, 3.8) is 0 Å². The molecule has 0 amide bonds. The van der Waals surface area contributed by atoms with Crippen molar-refractivity contribution in [1.82, 2.24) is 0 Å². The molecule has 14 heteroatoms. The van der Waals surface area contributed by atoms with E-state index in [9.17, 15) is 24.8 Å². The van der Waals surface area contributed by atoms with Crippen LogP contribution < -0.4 is 10.6 Å². The molecule has 278 valence electrons. The van der Waals surface area contributed by atoms with Crippen LogP contribution in [-0.2, 0) is 27.8 Å². The molecule has 1 fully saturated rings. The number of rotatable bonds is 29. The van der Waals surface area contributed by atoms with Gasteiger partial charge in [-0.05, 0) is 6.42 Å². The average Bonchev–Trinajstić information content (AvgIpc) is 2.98. The third kappa shape index (κ3) is 22.7. The number of nitrogens with zero attached hydrogens (tertiary/aromatic N) is 1. The minimum absolute atomic E-state index is 0. The zero-order chi connectivity index (χ0) is 33.6. The second kappa shape index (κ2) is 26.9. The Balaban J connectivity index is 0.0000202. The Bertz CT molecular complexity index is 765. The van der Waals surface area contributed by atoms with E-state index < -0.39 is 57.8 Å². The summed E-state index contributed by atoms with van der Waals surface area (Å²) in [4.78, 5) is 12.3.